The average molecular weight is 368 g/mol. The number of carbonyl (C=O) groups excluding carboxylic acids is 2. The number of amides is 2. The van der Waals surface area contributed by atoms with E-state index in [0.717, 1.165) is 16.9 Å². The van der Waals surface area contributed by atoms with Gasteiger partial charge in [-0.25, -0.2) is 0 Å². The van der Waals surface area contributed by atoms with E-state index >= 15 is 0 Å². The summed E-state index contributed by atoms with van der Waals surface area (Å²) in [6.45, 7) is 6.24. The fraction of sp³-hybridized carbons (Fsp3) is 0.364. The third-order valence-corrected chi connectivity index (χ3v) is 4.50. The molecular weight excluding hydrogens is 340 g/mol. The lowest BCUT2D eigenvalue weighted by Crippen LogP contribution is -2.50. The van der Waals surface area contributed by atoms with Gasteiger partial charge in [0, 0.05) is 12.1 Å². The fourth-order valence-electron chi connectivity index (χ4n) is 2.81. The SMILES string of the molecule is COc1ccc(CCNC(=O)C(NC(=O)c2ccccc2C)C(C)C)cc1. The molecule has 1 atom stereocenters. The van der Waals surface area contributed by atoms with Gasteiger partial charge < -0.3 is 15.4 Å². The first-order valence-corrected chi connectivity index (χ1v) is 9.19. The zero-order chi connectivity index (χ0) is 19.8. The Morgan fingerprint density at radius 2 is 1.70 bits per heavy atom. The van der Waals surface area contributed by atoms with Crippen LogP contribution in [0, 0.1) is 12.8 Å². The lowest BCUT2D eigenvalue weighted by molar-refractivity contribution is -0.123. The van der Waals surface area contributed by atoms with E-state index in [-0.39, 0.29) is 17.7 Å². The Hall–Kier alpha value is -2.82. The molecule has 2 aromatic carbocycles. The normalized spacial score (nSPS) is 11.7. The molecule has 0 saturated heterocycles. The molecule has 0 spiro atoms. The molecule has 5 heteroatoms. The van der Waals surface area contributed by atoms with Gasteiger partial charge in [0.05, 0.1) is 7.11 Å². The van der Waals surface area contributed by atoms with Crippen LogP contribution in [0.3, 0.4) is 0 Å². The van der Waals surface area contributed by atoms with Crippen molar-refractivity contribution >= 4 is 11.8 Å². The standard InChI is InChI=1S/C22H28N2O3/c1-15(2)20(24-21(25)19-8-6-5-7-16(19)3)22(26)23-14-13-17-9-11-18(27-4)12-10-17/h5-12,15,20H,13-14H2,1-4H3,(H,23,26)(H,24,25). The Kier molecular flexibility index (Phi) is 7.41. The number of methoxy groups -OCH3 is 1. The van der Waals surface area contributed by atoms with Crippen LogP contribution in [0.2, 0.25) is 0 Å². The van der Waals surface area contributed by atoms with E-state index in [9.17, 15) is 9.59 Å². The molecule has 0 aromatic heterocycles. The van der Waals surface area contributed by atoms with Crippen molar-refractivity contribution in [2.45, 2.75) is 33.2 Å². The van der Waals surface area contributed by atoms with Gasteiger partial charge in [-0.15, -0.1) is 0 Å². The molecule has 2 N–H and O–H groups in total. The van der Waals surface area contributed by atoms with Crippen LogP contribution < -0.4 is 15.4 Å². The molecule has 0 aliphatic rings. The summed E-state index contributed by atoms with van der Waals surface area (Å²) in [5.74, 6) is 0.401. The van der Waals surface area contributed by atoms with Crippen molar-refractivity contribution in [3.8, 4) is 5.75 Å². The van der Waals surface area contributed by atoms with Crippen molar-refractivity contribution in [3.63, 3.8) is 0 Å². The van der Waals surface area contributed by atoms with Gasteiger partial charge in [-0.3, -0.25) is 9.59 Å². The van der Waals surface area contributed by atoms with Crippen LogP contribution in [-0.4, -0.2) is 31.5 Å². The minimum atomic E-state index is -0.576. The topological polar surface area (TPSA) is 67.4 Å². The number of benzene rings is 2. The number of rotatable bonds is 8. The summed E-state index contributed by atoms with van der Waals surface area (Å²) in [6, 6.07) is 14.5. The number of hydrogen-bond acceptors (Lipinski definition) is 3. The van der Waals surface area contributed by atoms with E-state index in [0.29, 0.717) is 18.5 Å². The van der Waals surface area contributed by atoms with Crippen LogP contribution in [0.25, 0.3) is 0 Å². The van der Waals surface area contributed by atoms with Crippen molar-refractivity contribution < 1.29 is 14.3 Å². The summed E-state index contributed by atoms with van der Waals surface area (Å²) >= 11 is 0. The highest BCUT2D eigenvalue weighted by Gasteiger charge is 2.24. The van der Waals surface area contributed by atoms with Crippen LogP contribution >= 0.6 is 0 Å². The highest BCUT2D eigenvalue weighted by molar-refractivity contribution is 5.98. The van der Waals surface area contributed by atoms with Crippen LogP contribution in [0.5, 0.6) is 5.75 Å². The number of aryl methyl sites for hydroxylation is 1. The van der Waals surface area contributed by atoms with Gasteiger partial charge >= 0.3 is 0 Å². The third-order valence-electron chi connectivity index (χ3n) is 4.50. The fourth-order valence-corrected chi connectivity index (χ4v) is 2.81. The molecule has 0 aliphatic carbocycles. The van der Waals surface area contributed by atoms with E-state index < -0.39 is 6.04 Å². The lowest BCUT2D eigenvalue weighted by atomic mass is 10.0. The van der Waals surface area contributed by atoms with Crippen LogP contribution in [-0.2, 0) is 11.2 Å². The maximum Gasteiger partial charge on any atom is 0.252 e. The maximum absolute atomic E-state index is 12.6. The molecule has 0 bridgehead atoms. The van der Waals surface area contributed by atoms with E-state index in [4.69, 9.17) is 4.74 Å². The number of hydrogen-bond donors (Lipinski definition) is 2. The summed E-state index contributed by atoms with van der Waals surface area (Å²) < 4.78 is 5.14. The molecule has 0 fully saturated rings. The molecule has 2 amide bonds. The molecule has 144 valence electrons. The average Bonchev–Trinajstić information content (AvgIpc) is 2.66. The van der Waals surface area contributed by atoms with Gasteiger partial charge in [0.25, 0.3) is 5.91 Å². The second-order valence-corrected chi connectivity index (χ2v) is 6.90. The minimum absolute atomic E-state index is 0.0149. The molecule has 0 radical (unpaired) electrons. The molecule has 27 heavy (non-hydrogen) atoms. The van der Waals surface area contributed by atoms with E-state index in [2.05, 4.69) is 10.6 Å². The summed E-state index contributed by atoms with van der Waals surface area (Å²) in [6.07, 6.45) is 0.715. The second-order valence-electron chi connectivity index (χ2n) is 6.90. The summed E-state index contributed by atoms with van der Waals surface area (Å²) in [4.78, 5) is 25.1. The van der Waals surface area contributed by atoms with Gasteiger partial charge in [-0.05, 0) is 48.6 Å². The Bertz CT molecular complexity index is 769. The van der Waals surface area contributed by atoms with Crippen molar-refractivity contribution in [2.75, 3.05) is 13.7 Å². The predicted molar refractivity (Wildman–Crippen MR) is 107 cm³/mol. The summed E-state index contributed by atoms with van der Waals surface area (Å²) in [7, 11) is 1.63. The zero-order valence-electron chi connectivity index (χ0n) is 16.4. The van der Waals surface area contributed by atoms with Crippen LogP contribution in [0.1, 0.15) is 35.3 Å². The Morgan fingerprint density at radius 3 is 2.30 bits per heavy atom. The first-order chi connectivity index (χ1) is 12.9. The Labute approximate surface area is 161 Å². The molecule has 2 rings (SSSR count). The highest BCUT2D eigenvalue weighted by atomic mass is 16.5. The highest BCUT2D eigenvalue weighted by Crippen LogP contribution is 2.12. The molecule has 0 saturated carbocycles. The number of ether oxygens (including phenoxy) is 1. The Balaban J connectivity index is 1.92. The van der Waals surface area contributed by atoms with Crippen molar-refractivity contribution in [1.29, 1.82) is 0 Å². The van der Waals surface area contributed by atoms with Crippen LogP contribution in [0.4, 0.5) is 0 Å². The van der Waals surface area contributed by atoms with Crippen molar-refractivity contribution in [1.82, 2.24) is 10.6 Å². The quantitative estimate of drug-likeness (QED) is 0.752. The number of carbonyl (C=O) groups is 2. The van der Waals surface area contributed by atoms with E-state index in [1.54, 1.807) is 13.2 Å². The van der Waals surface area contributed by atoms with Gasteiger partial charge in [0.2, 0.25) is 5.91 Å². The van der Waals surface area contributed by atoms with E-state index in [1.165, 1.54) is 0 Å². The van der Waals surface area contributed by atoms with Gasteiger partial charge in [-0.2, -0.15) is 0 Å². The monoisotopic (exact) mass is 368 g/mol. The van der Waals surface area contributed by atoms with E-state index in [1.807, 2.05) is 63.2 Å². The molecule has 2 aromatic rings. The lowest BCUT2D eigenvalue weighted by Gasteiger charge is -2.22. The summed E-state index contributed by atoms with van der Waals surface area (Å²) in [5.41, 5.74) is 2.59. The molecule has 1 unspecified atom stereocenters. The van der Waals surface area contributed by atoms with Crippen molar-refractivity contribution in [3.05, 3.63) is 65.2 Å². The van der Waals surface area contributed by atoms with Gasteiger partial charge in [-0.1, -0.05) is 44.2 Å². The molecule has 5 nitrogen and oxygen atoms in total. The molecular formula is C22H28N2O3. The largest absolute Gasteiger partial charge is 0.497 e. The van der Waals surface area contributed by atoms with Crippen LogP contribution in [0.15, 0.2) is 48.5 Å². The smallest absolute Gasteiger partial charge is 0.252 e. The third kappa shape index (κ3) is 5.84. The zero-order valence-corrected chi connectivity index (χ0v) is 16.4. The maximum atomic E-state index is 12.6. The first kappa shape index (κ1) is 20.5. The summed E-state index contributed by atoms with van der Waals surface area (Å²) in [5, 5.41) is 5.80. The van der Waals surface area contributed by atoms with Gasteiger partial charge in [0.15, 0.2) is 0 Å². The molecule has 0 aliphatic heterocycles. The predicted octanol–water partition coefficient (Wildman–Crippen LogP) is 3.12. The Morgan fingerprint density at radius 1 is 1.04 bits per heavy atom. The van der Waals surface area contributed by atoms with Gasteiger partial charge in [0.1, 0.15) is 11.8 Å². The number of nitrogens with one attached hydrogen (secondary N) is 2. The minimum Gasteiger partial charge on any atom is -0.497 e. The first-order valence-electron chi connectivity index (χ1n) is 9.19. The second kappa shape index (κ2) is 9.76. The van der Waals surface area contributed by atoms with Crippen molar-refractivity contribution in [2.24, 2.45) is 5.92 Å². The molecule has 0 heterocycles.